The smallest absolute Gasteiger partial charge is 0.125 e. The molecular formula is C17H32N2O2+2. The first-order chi connectivity index (χ1) is 9.95. The molecule has 5 N–H and O–H groups in total. The predicted molar refractivity (Wildman–Crippen MR) is 85.6 cm³/mol. The molecule has 120 valence electrons. The Balaban J connectivity index is 2.36. The summed E-state index contributed by atoms with van der Waals surface area (Å²) in [6, 6.07) is 6.42. The van der Waals surface area contributed by atoms with E-state index in [2.05, 4.69) is 56.9 Å². The van der Waals surface area contributed by atoms with Gasteiger partial charge >= 0.3 is 0 Å². The number of ether oxygens (including phenoxy) is 2. The molecule has 0 saturated heterocycles. The molecule has 0 spiro atoms. The lowest BCUT2D eigenvalue weighted by Gasteiger charge is -2.23. The number of rotatable bonds is 9. The van der Waals surface area contributed by atoms with E-state index >= 15 is 0 Å². The molecule has 0 aliphatic heterocycles. The number of aryl methyl sites for hydroxylation is 1. The number of hydrogen-bond acceptors (Lipinski definition) is 2. The van der Waals surface area contributed by atoms with E-state index < -0.39 is 0 Å². The van der Waals surface area contributed by atoms with Crippen molar-refractivity contribution >= 4 is 0 Å². The first kappa shape index (κ1) is 18.0. The van der Waals surface area contributed by atoms with Crippen LogP contribution in [0.2, 0.25) is 0 Å². The highest BCUT2D eigenvalue weighted by Gasteiger charge is 2.18. The minimum Gasteiger partial charge on any atom is -0.491 e. The van der Waals surface area contributed by atoms with Crippen molar-refractivity contribution in [3.63, 3.8) is 0 Å². The lowest BCUT2D eigenvalue weighted by molar-refractivity contribution is -0.671. The van der Waals surface area contributed by atoms with Gasteiger partial charge in [-0.1, -0.05) is 32.9 Å². The third kappa shape index (κ3) is 6.93. The third-order valence-electron chi connectivity index (χ3n) is 3.30. The molecule has 4 nitrogen and oxygen atoms in total. The monoisotopic (exact) mass is 296 g/mol. The normalized spacial score (nSPS) is 11.7. The van der Waals surface area contributed by atoms with Crippen molar-refractivity contribution in [3.8, 4) is 5.75 Å². The average Bonchev–Trinajstić information content (AvgIpc) is 2.40. The number of nitrogens with two attached hydrogens (primary N) is 1. The summed E-state index contributed by atoms with van der Waals surface area (Å²) in [5, 5.41) is 2.23. The minimum absolute atomic E-state index is 0.0903. The second-order valence-corrected chi connectivity index (χ2v) is 6.43. The van der Waals surface area contributed by atoms with Crippen molar-refractivity contribution in [1.82, 2.24) is 0 Å². The summed E-state index contributed by atoms with van der Waals surface area (Å²) >= 11 is 0. The Morgan fingerprint density at radius 1 is 1.10 bits per heavy atom. The Morgan fingerprint density at radius 3 is 2.52 bits per heavy atom. The highest BCUT2D eigenvalue weighted by molar-refractivity contribution is 5.41. The predicted octanol–water partition coefficient (Wildman–Crippen LogP) is 0.493. The minimum atomic E-state index is 0.0903. The summed E-state index contributed by atoms with van der Waals surface area (Å²) in [7, 11) is 0. The molecule has 0 amide bonds. The van der Waals surface area contributed by atoms with E-state index in [9.17, 15) is 0 Å². The van der Waals surface area contributed by atoms with E-state index in [1.165, 1.54) is 11.1 Å². The van der Waals surface area contributed by atoms with Gasteiger partial charge in [0.25, 0.3) is 0 Å². The molecule has 0 bridgehead atoms. The van der Waals surface area contributed by atoms with Crippen LogP contribution in [0.5, 0.6) is 5.75 Å². The maximum Gasteiger partial charge on any atom is 0.125 e. The van der Waals surface area contributed by atoms with Gasteiger partial charge in [-0.05, 0) is 29.5 Å². The fourth-order valence-corrected chi connectivity index (χ4v) is 2.14. The molecule has 0 aromatic heterocycles. The molecule has 0 aliphatic rings. The molecule has 21 heavy (non-hydrogen) atoms. The Bertz CT molecular complexity index is 414. The van der Waals surface area contributed by atoms with Crippen LogP contribution in [0.4, 0.5) is 0 Å². The zero-order valence-electron chi connectivity index (χ0n) is 14.1. The number of benzene rings is 1. The summed E-state index contributed by atoms with van der Waals surface area (Å²) < 4.78 is 11.5. The Labute approximate surface area is 129 Å². The van der Waals surface area contributed by atoms with Crippen LogP contribution < -0.4 is 15.8 Å². The van der Waals surface area contributed by atoms with Gasteiger partial charge in [-0.2, -0.15) is 0 Å². The average molecular weight is 296 g/mol. The van der Waals surface area contributed by atoms with Crippen LogP contribution in [0.25, 0.3) is 0 Å². The topological polar surface area (TPSA) is 62.7 Å². The molecular weight excluding hydrogens is 264 g/mol. The summed E-state index contributed by atoms with van der Waals surface area (Å²) in [5.41, 5.74) is 6.37. The fraction of sp³-hybridized carbons (Fsp3) is 0.647. The van der Waals surface area contributed by atoms with Gasteiger partial charge in [-0.25, -0.2) is 0 Å². The largest absolute Gasteiger partial charge is 0.491 e. The van der Waals surface area contributed by atoms with Gasteiger partial charge in [0, 0.05) is 0 Å². The zero-order chi connectivity index (χ0) is 15.7. The first-order valence-corrected chi connectivity index (χ1v) is 7.87. The van der Waals surface area contributed by atoms with Crippen LogP contribution in [0.15, 0.2) is 18.2 Å². The number of quaternary nitrogens is 2. The van der Waals surface area contributed by atoms with Crippen LogP contribution in [0, 0.1) is 6.92 Å². The van der Waals surface area contributed by atoms with Crippen LogP contribution in [0.1, 0.15) is 31.9 Å². The summed E-state index contributed by atoms with van der Waals surface area (Å²) in [4.78, 5) is 0. The van der Waals surface area contributed by atoms with Crippen molar-refractivity contribution in [3.05, 3.63) is 29.3 Å². The Hall–Kier alpha value is -1.10. The van der Waals surface area contributed by atoms with Gasteiger partial charge in [-0.3, -0.25) is 0 Å². The van der Waals surface area contributed by atoms with Crippen molar-refractivity contribution in [2.75, 3.05) is 39.5 Å². The SMILES string of the molecule is Cc1ccc(C(C)(C)C)c(OCCOCC[NH2+]CC[NH3+])c1. The summed E-state index contributed by atoms with van der Waals surface area (Å²) in [5.74, 6) is 0.981. The van der Waals surface area contributed by atoms with E-state index in [1.807, 2.05) is 0 Å². The Kier molecular flexibility index (Phi) is 7.72. The van der Waals surface area contributed by atoms with Crippen molar-refractivity contribution in [2.24, 2.45) is 0 Å². The first-order valence-electron chi connectivity index (χ1n) is 7.87. The molecule has 0 aliphatic carbocycles. The van der Waals surface area contributed by atoms with E-state index in [0.717, 1.165) is 32.0 Å². The molecule has 0 atom stereocenters. The molecule has 1 aromatic rings. The summed E-state index contributed by atoms with van der Waals surface area (Å²) in [6.45, 7) is 13.7. The molecule has 1 aromatic carbocycles. The molecule has 0 radical (unpaired) electrons. The molecule has 1 rings (SSSR count). The van der Waals surface area contributed by atoms with Crippen LogP contribution >= 0.6 is 0 Å². The Morgan fingerprint density at radius 2 is 1.86 bits per heavy atom. The second kappa shape index (κ2) is 9.03. The fourth-order valence-electron chi connectivity index (χ4n) is 2.14. The van der Waals surface area contributed by atoms with Crippen LogP contribution in [-0.2, 0) is 10.2 Å². The lowest BCUT2D eigenvalue weighted by Crippen LogP contribution is -2.88. The molecule has 0 fully saturated rings. The van der Waals surface area contributed by atoms with Crippen LogP contribution in [-0.4, -0.2) is 39.5 Å². The van der Waals surface area contributed by atoms with Gasteiger partial charge in [0.15, 0.2) is 0 Å². The molecule has 0 saturated carbocycles. The van der Waals surface area contributed by atoms with Crippen molar-refractivity contribution in [2.45, 2.75) is 33.1 Å². The zero-order valence-corrected chi connectivity index (χ0v) is 14.1. The number of hydrogen-bond donors (Lipinski definition) is 2. The highest BCUT2D eigenvalue weighted by atomic mass is 16.5. The molecule has 0 unspecified atom stereocenters. The standard InChI is InChI=1S/C17H30N2O2/c1-14-5-6-15(17(2,3)4)16(13-14)21-12-11-20-10-9-19-8-7-18/h5-6,13,19H,7-12,18H2,1-4H3/p+2. The maximum atomic E-state index is 5.93. The summed E-state index contributed by atoms with van der Waals surface area (Å²) in [6.07, 6.45) is 0. The van der Waals surface area contributed by atoms with E-state index in [1.54, 1.807) is 0 Å². The third-order valence-corrected chi connectivity index (χ3v) is 3.30. The molecule has 0 heterocycles. The van der Waals surface area contributed by atoms with Gasteiger partial charge < -0.3 is 20.5 Å². The maximum absolute atomic E-state index is 5.93. The van der Waals surface area contributed by atoms with Gasteiger partial charge in [0.05, 0.1) is 19.8 Å². The highest BCUT2D eigenvalue weighted by Crippen LogP contribution is 2.31. The van der Waals surface area contributed by atoms with Crippen LogP contribution in [0.3, 0.4) is 0 Å². The van der Waals surface area contributed by atoms with E-state index in [-0.39, 0.29) is 5.41 Å². The van der Waals surface area contributed by atoms with E-state index in [0.29, 0.717) is 13.2 Å². The van der Waals surface area contributed by atoms with Gasteiger partial charge in [0.2, 0.25) is 0 Å². The van der Waals surface area contributed by atoms with Crippen molar-refractivity contribution < 1.29 is 20.5 Å². The van der Waals surface area contributed by atoms with E-state index in [4.69, 9.17) is 9.47 Å². The molecule has 4 heteroatoms. The van der Waals surface area contributed by atoms with Gasteiger partial charge in [0.1, 0.15) is 25.4 Å². The lowest BCUT2D eigenvalue weighted by atomic mass is 9.86. The second-order valence-electron chi connectivity index (χ2n) is 6.43. The van der Waals surface area contributed by atoms with Crippen molar-refractivity contribution in [1.29, 1.82) is 0 Å². The quantitative estimate of drug-likeness (QED) is 0.652. The van der Waals surface area contributed by atoms with Gasteiger partial charge in [-0.15, -0.1) is 0 Å².